The van der Waals surface area contributed by atoms with E-state index in [9.17, 15) is 19.5 Å². The summed E-state index contributed by atoms with van der Waals surface area (Å²) in [6.45, 7) is 10.1. The zero-order valence-electron chi connectivity index (χ0n) is 20.3. The molecule has 4 rings (SSSR count). The number of primary amides is 1. The van der Waals surface area contributed by atoms with Crippen molar-refractivity contribution in [1.82, 2.24) is 0 Å². The number of nitrogens with two attached hydrogens (primary N) is 1. The monoisotopic (exact) mass is 480 g/mol. The third-order valence-corrected chi connectivity index (χ3v) is 8.46. The van der Waals surface area contributed by atoms with Gasteiger partial charge in [0.15, 0.2) is 0 Å². The number of aryl methyl sites for hydroxylation is 1. The summed E-state index contributed by atoms with van der Waals surface area (Å²) in [6, 6.07) is 8.02. The molecule has 2 aliphatic rings. The second kappa shape index (κ2) is 9.02. The van der Waals surface area contributed by atoms with Crippen LogP contribution in [0.15, 0.2) is 35.4 Å². The molecule has 1 heterocycles. The lowest BCUT2D eigenvalue weighted by atomic mass is 9.78. The number of hydrogen-bond donors (Lipinski definition) is 3. The first-order chi connectivity index (χ1) is 16.0. The largest absolute Gasteiger partial charge is 0.481 e. The number of aliphatic carboxylic acids is 1. The van der Waals surface area contributed by atoms with Gasteiger partial charge in [0.2, 0.25) is 5.91 Å². The minimum absolute atomic E-state index is 0.0720. The lowest BCUT2D eigenvalue weighted by Crippen LogP contribution is -2.38. The smallest absolute Gasteiger partial charge is 0.307 e. The standard InChI is InChI=1S/C27H32N2O4S/c1-12(2)15-6-8-16(9-7-15)20-14(5)34-26(23(20)24(28)30)29-25(31)21-17-10-11-18(19(17)13(3)4)22(21)27(32)33/h6-9,12,17-18,21-22H,10-11H2,1-5H3,(H2,28,30)(H,29,31)(H,32,33)/t17-,18-,21-,22+/m1/s1. The van der Waals surface area contributed by atoms with E-state index >= 15 is 0 Å². The molecule has 2 bridgehead atoms. The summed E-state index contributed by atoms with van der Waals surface area (Å²) in [7, 11) is 0. The Morgan fingerprint density at radius 2 is 1.65 bits per heavy atom. The van der Waals surface area contributed by atoms with Gasteiger partial charge in [-0.3, -0.25) is 14.4 Å². The predicted octanol–water partition coefficient (Wildman–Crippen LogP) is 5.58. The molecule has 2 aromatic rings. The number of fused-ring (bicyclic) bond motifs is 2. The molecule has 0 spiro atoms. The number of amides is 2. The Balaban J connectivity index is 1.70. The van der Waals surface area contributed by atoms with Crippen LogP contribution in [0.3, 0.4) is 0 Å². The number of benzene rings is 1. The first-order valence-electron chi connectivity index (χ1n) is 11.8. The van der Waals surface area contributed by atoms with E-state index in [0.29, 0.717) is 10.9 Å². The van der Waals surface area contributed by atoms with Crippen molar-refractivity contribution in [3.8, 4) is 11.1 Å². The number of carbonyl (C=O) groups excluding carboxylic acids is 2. The van der Waals surface area contributed by atoms with Gasteiger partial charge in [0.1, 0.15) is 5.00 Å². The number of hydrogen-bond acceptors (Lipinski definition) is 4. The first-order valence-corrected chi connectivity index (χ1v) is 12.6. The second-order valence-corrected chi connectivity index (χ2v) is 11.2. The zero-order chi connectivity index (χ0) is 24.9. The third-order valence-electron chi connectivity index (χ3n) is 7.44. The Kier molecular flexibility index (Phi) is 6.42. The average Bonchev–Trinajstić information content (AvgIpc) is 3.42. The van der Waals surface area contributed by atoms with Crippen LogP contribution in [0.5, 0.6) is 0 Å². The molecule has 0 saturated heterocycles. The van der Waals surface area contributed by atoms with E-state index in [-0.39, 0.29) is 23.3 Å². The molecule has 0 unspecified atom stereocenters. The maximum Gasteiger partial charge on any atom is 0.307 e. The summed E-state index contributed by atoms with van der Waals surface area (Å²) in [5.41, 5.74) is 11.1. The maximum atomic E-state index is 13.5. The van der Waals surface area contributed by atoms with E-state index in [1.165, 1.54) is 16.9 Å². The van der Waals surface area contributed by atoms with Crippen molar-refractivity contribution in [2.45, 2.75) is 53.4 Å². The van der Waals surface area contributed by atoms with Crippen molar-refractivity contribution in [1.29, 1.82) is 0 Å². The topological polar surface area (TPSA) is 109 Å². The summed E-state index contributed by atoms with van der Waals surface area (Å²) in [6.07, 6.45) is 1.61. The van der Waals surface area contributed by atoms with Crippen molar-refractivity contribution >= 4 is 34.1 Å². The molecule has 2 amide bonds. The second-order valence-electron chi connectivity index (χ2n) is 10.0. The molecule has 1 aromatic carbocycles. The molecular formula is C27H32N2O4S. The first kappa shape index (κ1) is 24.2. The molecule has 4 atom stereocenters. The van der Waals surface area contributed by atoms with E-state index in [2.05, 4.69) is 19.2 Å². The van der Waals surface area contributed by atoms with Crippen LogP contribution in [0.25, 0.3) is 11.1 Å². The molecule has 4 N–H and O–H groups in total. The van der Waals surface area contributed by atoms with Gasteiger partial charge in [-0.25, -0.2) is 0 Å². The highest BCUT2D eigenvalue weighted by Crippen LogP contribution is 2.57. The number of rotatable bonds is 6. The van der Waals surface area contributed by atoms with Crippen LogP contribution >= 0.6 is 11.3 Å². The minimum atomic E-state index is -0.936. The van der Waals surface area contributed by atoms with Crippen LogP contribution in [-0.2, 0) is 9.59 Å². The molecule has 0 aliphatic heterocycles. The fourth-order valence-corrected chi connectivity index (χ4v) is 7.13. The number of allylic oxidation sites excluding steroid dienone is 2. The van der Waals surface area contributed by atoms with Crippen molar-refractivity contribution in [2.75, 3.05) is 5.32 Å². The van der Waals surface area contributed by atoms with Crippen LogP contribution in [0, 0.1) is 30.6 Å². The number of carbonyl (C=O) groups is 3. The third kappa shape index (κ3) is 3.96. The Morgan fingerprint density at radius 1 is 1.06 bits per heavy atom. The summed E-state index contributed by atoms with van der Waals surface area (Å²) in [4.78, 5) is 39.0. The zero-order valence-corrected chi connectivity index (χ0v) is 21.1. The van der Waals surface area contributed by atoms with Crippen molar-refractivity contribution in [3.05, 3.63) is 51.4 Å². The van der Waals surface area contributed by atoms with Crippen LogP contribution in [-0.4, -0.2) is 22.9 Å². The molecule has 2 aliphatic carbocycles. The average molecular weight is 481 g/mol. The van der Waals surface area contributed by atoms with Gasteiger partial charge in [-0.1, -0.05) is 49.3 Å². The Hall–Kier alpha value is -2.93. The van der Waals surface area contributed by atoms with Crippen molar-refractivity contribution < 1.29 is 19.5 Å². The fraction of sp³-hybridized carbons (Fsp3) is 0.444. The normalized spacial score (nSPS) is 23.4. The molecule has 2 saturated carbocycles. The lowest BCUT2D eigenvalue weighted by Gasteiger charge is -2.26. The van der Waals surface area contributed by atoms with Crippen LogP contribution < -0.4 is 11.1 Å². The molecule has 1 aromatic heterocycles. The Labute approximate surface area is 204 Å². The molecule has 6 nitrogen and oxygen atoms in total. The van der Waals surface area contributed by atoms with E-state index < -0.39 is 23.7 Å². The fourth-order valence-electron chi connectivity index (χ4n) is 6.05. The number of carboxylic acids is 1. The Bertz CT molecular complexity index is 1190. The SMILES string of the molecule is CC(C)=C1[C@H]2CC[C@H]1[C@@H](C(=O)Nc1sc(C)c(-c3ccc(C(C)C)cc3)c1C(N)=O)[C@H]2C(=O)O. The van der Waals surface area contributed by atoms with Gasteiger partial charge in [-0.05, 0) is 62.5 Å². The number of carboxylic acid groups (broad SMARTS) is 1. The van der Waals surface area contributed by atoms with Gasteiger partial charge in [-0.15, -0.1) is 11.3 Å². The molecule has 2 fully saturated rings. The van der Waals surface area contributed by atoms with Crippen LogP contribution in [0.1, 0.15) is 67.3 Å². The van der Waals surface area contributed by atoms with Gasteiger partial charge in [0, 0.05) is 10.4 Å². The molecule has 0 radical (unpaired) electrons. The van der Waals surface area contributed by atoms with Crippen LogP contribution in [0.2, 0.25) is 0 Å². The highest BCUT2D eigenvalue weighted by Gasteiger charge is 2.57. The van der Waals surface area contributed by atoms with Gasteiger partial charge >= 0.3 is 5.97 Å². The van der Waals surface area contributed by atoms with E-state index in [0.717, 1.165) is 40.0 Å². The van der Waals surface area contributed by atoms with Gasteiger partial charge in [-0.2, -0.15) is 0 Å². The summed E-state index contributed by atoms with van der Waals surface area (Å²) in [5.74, 6) is -3.08. The molecule has 7 heteroatoms. The van der Waals surface area contributed by atoms with E-state index in [1.807, 2.05) is 45.0 Å². The lowest BCUT2D eigenvalue weighted by molar-refractivity contribution is -0.148. The highest BCUT2D eigenvalue weighted by atomic mass is 32.1. The van der Waals surface area contributed by atoms with E-state index in [4.69, 9.17) is 5.73 Å². The quantitative estimate of drug-likeness (QED) is 0.469. The summed E-state index contributed by atoms with van der Waals surface area (Å²) >= 11 is 1.31. The molecular weight excluding hydrogens is 448 g/mol. The molecule has 180 valence electrons. The summed E-state index contributed by atoms with van der Waals surface area (Å²) in [5, 5.41) is 13.3. The number of anilines is 1. The number of thiophene rings is 1. The predicted molar refractivity (Wildman–Crippen MR) is 135 cm³/mol. The van der Waals surface area contributed by atoms with Gasteiger partial charge in [0.25, 0.3) is 5.91 Å². The summed E-state index contributed by atoms with van der Waals surface area (Å²) < 4.78 is 0. The van der Waals surface area contributed by atoms with Crippen LogP contribution in [0.4, 0.5) is 5.00 Å². The number of nitrogens with one attached hydrogen (secondary N) is 1. The van der Waals surface area contributed by atoms with Crippen molar-refractivity contribution in [2.24, 2.45) is 29.4 Å². The van der Waals surface area contributed by atoms with Crippen molar-refractivity contribution in [3.63, 3.8) is 0 Å². The maximum absolute atomic E-state index is 13.5. The molecule has 34 heavy (non-hydrogen) atoms. The van der Waals surface area contributed by atoms with Gasteiger partial charge < -0.3 is 16.2 Å². The Morgan fingerprint density at radius 3 is 2.15 bits per heavy atom. The van der Waals surface area contributed by atoms with Gasteiger partial charge in [0.05, 0.1) is 17.4 Å². The van der Waals surface area contributed by atoms with E-state index in [1.54, 1.807) is 0 Å². The highest BCUT2D eigenvalue weighted by molar-refractivity contribution is 7.17. The minimum Gasteiger partial charge on any atom is -0.481 e.